The summed E-state index contributed by atoms with van der Waals surface area (Å²) >= 11 is 2.98. The molecule has 1 heterocycles. The molecule has 0 saturated carbocycles. The first kappa shape index (κ1) is 9.08. The molecule has 1 radical (unpaired) electrons. The summed E-state index contributed by atoms with van der Waals surface area (Å²) in [5.41, 5.74) is 0.0576. The first-order valence-electron chi connectivity index (χ1n) is 3.76. The Hall–Kier alpha value is -0.0105. The maximum absolute atomic E-state index is 10.9. The van der Waals surface area contributed by atoms with Crippen molar-refractivity contribution in [1.29, 1.82) is 0 Å². The van der Waals surface area contributed by atoms with Crippen molar-refractivity contribution in [2.45, 2.75) is 38.1 Å². The number of ether oxygens (including phenoxy) is 1. The van der Waals surface area contributed by atoms with Crippen LogP contribution < -0.4 is 0 Å². The molecule has 0 aliphatic carbocycles. The number of cyclic esters (lactones) is 1. The minimum absolute atomic E-state index is 0.0509. The van der Waals surface area contributed by atoms with E-state index in [1.807, 2.05) is 0 Å². The summed E-state index contributed by atoms with van der Waals surface area (Å²) in [4.78, 5) is 11.1. The monoisotopic (exact) mass is 221 g/mol. The van der Waals surface area contributed by atoms with E-state index in [1.165, 1.54) is 0 Å². The summed E-state index contributed by atoms with van der Waals surface area (Å²) in [5, 5.41) is 0. The van der Waals surface area contributed by atoms with Gasteiger partial charge in [0.1, 0.15) is 0 Å². The zero-order valence-electron chi connectivity index (χ0n) is 7.09. The number of carbonyl (C=O) groups excluding carboxylic acids is 1. The second-order valence-corrected chi connectivity index (χ2v) is 5.29. The Morgan fingerprint density at radius 1 is 1.55 bits per heavy atom. The fourth-order valence-corrected chi connectivity index (χ4v) is 2.53. The molecule has 0 bridgehead atoms. The topological polar surface area (TPSA) is 26.3 Å². The predicted molar refractivity (Wildman–Crippen MR) is 43.5 cm³/mol. The van der Waals surface area contributed by atoms with Crippen LogP contribution in [0.3, 0.4) is 0 Å². The van der Waals surface area contributed by atoms with Crippen LogP contribution in [0.5, 0.6) is 0 Å². The summed E-state index contributed by atoms with van der Waals surface area (Å²) in [6.07, 6.45) is 0.581. The van der Waals surface area contributed by atoms with Crippen LogP contribution in [0.1, 0.15) is 27.2 Å². The number of hydrogen-bond acceptors (Lipinski definition) is 2. The average molecular weight is 220 g/mol. The van der Waals surface area contributed by atoms with Crippen LogP contribution in [-0.2, 0) is 9.53 Å². The summed E-state index contributed by atoms with van der Waals surface area (Å²) in [6, 6.07) is 0. The van der Waals surface area contributed by atoms with Crippen molar-refractivity contribution in [3.05, 3.63) is 0 Å². The van der Waals surface area contributed by atoms with E-state index in [9.17, 15) is 4.79 Å². The predicted octanol–water partition coefficient (Wildman–Crippen LogP) is 1.30. The van der Waals surface area contributed by atoms with Gasteiger partial charge in [0.05, 0.1) is 0 Å². The third-order valence-electron chi connectivity index (χ3n) is 1.82. The van der Waals surface area contributed by atoms with Crippen LogP contribution >= 0.6 is 0 Å². The molecule has 1 rings (SSSR count). The molecule has 1 aliphatic heterocycles. The second-order valence-electron chi connectivity index (χ2n) is 4.02. The Balaban J connectivity index is 2.67. The summed E-state index contributed by atoms with van der Waals surface area (Å²) in [5.74, 6) is -0.0753. The van der Waals surface area contributed by atoms with Gasteiger partial charge in [-0.3, -0.25) is 0 Å². The third-order valence-corrected chi connectivity index (χ3v) is 2.69. The zero-order chi connectivity index (χ0) is 8.65. The van der Waals surface area contributed by atoms with Gasteiger partial charge < -0.3 is 0 Å². The van der Waals surface area contributed by atoms with Gasteiger partial charge in [-0.15, -0.1) is 0 Å². The normalized spacial score (nSPS) is 32.2. The summed E-state index contributed by atoms with van der Waals surface area (Å²) in [6.45, 7) is 6.25. The molecular weight excluding hydrogens is 207 g/mol. The molecule has 2 unspecified atom stereocenters. The van der Waals surface area contributed by atoms with Crippen LogP contribution in [0.25, 0.3) is 0 Å². The summed E-state index contributed by atoms with van der Waals surface area (Å²) < 4.78 is 5.17. The van der Waals surface area contributed by atoms with Crippen LogP contribution in [0.2, 0.25) is 4.82 Å². The van der Waals surface area contributed by atoms with Crippen molar-refractivity contribution in [2.24, 2.45) is 5.41 Å². The fraction of sp³-hybridized carbons (Fsp3) is 0.875. The number of esters is 1. The number of rotatable bonds is 0. The Morgan fingerprint density at radius 3 is 2.27 bits per heavy atom. The van der Waals surface area contributed by atoms with Crippen LogP contribution in [0.4, 0.5) is 0 Å². The molecule has 63 valence electrons. The maximum atomic E-state index is 10.9. The van der Waals surface area contributed by atoms with Crippen LogP contribution in [0, 0.1) is 5.41 Å². The van der Waals surface area contributed by atoms with Crippen molar-refractivity contribution in [2.75, 3.05) is 0 Å². The van der Waals surface area contributed by atoms with E-state index in [0.717, 1.165) is 0 Å². The van der Waals surface area contributed by atoms with Crippen molar-refractivity contribution < 1.29 is 9.53 Å². The molecule has 11 heavy (non-hydrogen) atoms. The third kappa shape index (κ3) is 1.97. The van der Waals surface area contributed by atoms with Crippen molar-refractivity contribution in [3.8, 4) is 0 Å². The van der Waals surface area contributed by atoms with E-state index < -0.39 is 0 Å². The molecule has 1 fully saturated rings. The molecule has 2 atom stereocenters. The van der Waals surface area contributed by atoms with E-state index in [2.05, 4.69) is 36.8 Å². The van der Waals surface area contributed by atoms with Gasteiger partial charge in [-0.05, 0) is 0 Å². The van der Waals surface area contributed by atoms with Gasteiger partial charge >= 0.3 is 75.0 Å². The van der Waals surface area contributed by atoms with E-state index in [0.29, 0.717) is 6.42 Å². The zero-order valence-corrected chi connectivity index (χ0v) is 8.80. The van der Waals surface area contributed by atoms with Gasteiger partial charge in [-0.2, -0.15) is 0 Å². The van der Waals surface area contributed by atoms with Gasteiger partial charge in [-0.1, -0.05) is 0 Å². The molecule has 0 aromatic heterocycles. The van der Waals surface area contributed by atoms with Gasteiger partial charge in [0.25, 0.3) is 0 Å². The molecule has 1 aliphatic rings. The van der Waals surface area contributed by atoms with Crippen molar-refractivity contribution >= 4 is 22.0 Å². The van der Waals surface area contributed by atoms with Crippen LogP contribution in [0.15, 0.2) is 0 Å². The van der Waals surface area contributed by atoms with Gasteiger partial charge in [-0.25, -0.2) is 0 Å². The first-order chi connectivity index (χ1) is 4.91. The Labute approximate surface area is 75.5 Å². The van der Waals surface area contributed by atoms with Crippen molar-refractivity contribution in [1.82, 2.24) is 0 Å². The van der Waals surface area contributed by atoms with E-state index in [-0.39, 0.29) is 22.3 Å². The van der Waals surface area contributed by atoms with Gasteiger partial charge in [0.15, 0.2) is 0 Å². The van der Waals surface area contributed by atoms with E-state index in [4.69, 9.17) is 4.74 Å². The van der Waals surface area contributed by atoms with E-state index in [1.54, 1.807) is 0 Å². The quantitative estimate of drug-likeness (QED) is 0.454. The Kier molecular flexibility index (Phi) is 2.31. The Bertz CT molecular complexity index is 171. The molecule has 0 spiro atoms. The molecule has 0 aromatic rings. The Morgan fingerprint density at radius 2 is 2.09 bits per heavy atom. The molecule has 0 aromatic carbocycles. The standard InChI is InChI=1S/C8H13O2Se/c1-8(2,3)7-5(11)4-6(9)10-7/h5,7H,4H2,1-3H3. The first-order valence-corrected chi connectivity index (χ1v) is 4.75. The molecule has 3 heteroatoms. The van der Waals surface area contributed by atoms with Crippen LogP contribution in [-0.4, -0.2) is 28.1 Å². The SMILES string of the molecule is CC(C)(C)C1OC(=O)CC1[Se]. The molecule has 2 nitrogen and oxygen atoms in total. The van der Waals surface area contributed by atoms with Crippen molar-refractivity contribution in [3.63, 3.8) is 0 Å². The average Bonchev–Trinajstić information content (AvgIpc) is 2.08. The molecule has 0 N–H and O–H groups in total. The van der Waals surface area contributed by atoms with Gasteiger partial charge in [0.2, 0.25) is 0 Å². The van der Waals surface area contributed by atoms with E-state index >= 15 is 0 Å². The molecule has 0 amide bonds. The number of hydrogen-bond donors (Lipinski definition) is 0. The fourth-order valence-electron chi connectivity index (χ4n) is 1.27. The summed E-state index contributed by atoms with van der Waals surface area (Å²) in [7, 11) is 0. The molecule has 1 saturated heterocycles. The minimum atomic E-state index is -0.0753. The second kappa shape index (κ2) is 2.80. The molecular formula is C8H13O2Se. The van der Waals surface area contributed by atoms with Gasteiger partial charge in [0, 0.05) is 0 Å². The number of carbonyl (C=O) groups is 1.